The fourth-order valence-corrected chi connectivity index (χ4v) is 4.13. The minimum atomic E-state index is -0.851. The van der Waals surface area contributed by atoms with Crippen LogP contribution in [-0.4, -0.2) is 24.0 Å². The molecule has 0 aliphatic rings. The van der Waals surface area contributed by atoms with Gasteiger partial charge in [-0.25, -0.2) is 9.78 Å². The number of rotatable bonds is 6. The minimum absolute atomic E-state index is 0.102. The van der Waals surface area contributed by atoms with Crippen molar-refractivity contribution in [1.29, 1.82) is 0 Å². The third-order valence-electron chi connectivity index (χ3n) is 3.61. The molecule has 0 aliphatic carbocycles. The van der Waals surface area contributed by atoms with Crippen LogP contribution < -0.4 is 5.32 Å². The number of methoxy groups -OCH3 is 1. The molecule has 1 aromatic carbocycles. The molecule has 0 radical (unpaired) electrons. The normalized spacial score (nSPS) is 11.8. The van der Waals surface area contributed by atoms with Gasteiger partial charge in [-0.1, -0.05) is 28.1 Å². The van der Waals surface area contributed by atoms with E-state index < -0.39 is 12.0 Å². The van der Waals surface area contributed by atoms with Crippen molar-refractivity contribution >= 4 is 50.5 Å². The van der Waals surface area contributed by atoms with Gasteiger partial charge in [-0.05, 0) is 29.1 Å². The lowest BCUT2D eigenvalue weighted by molar-refractivity contribution is -0.145. The first-order valence-electron chi connectivity index (χ1n) is 7.66. The second kappa shape index (κ2) is 8.57. The van der Waals surface area contributed by atoms with Crippen molar-refractivity contribution in [3.63, 3.8) is 0 Å². The summed E-state index contributed by atoms with van der Waals surface area (Å²) in [6.45, 7) is 0. The van der Waals surface area contributed by atoms with Crippen LogP contribution >= 0.6 is 38.6 Å². The summed E-state index contributed by atoms with van der Waals surface area (Å²) in [6.07, 6.45) is 0.102. The summed E-state index contributed by atoms with van der Waals surface area (Å²) in [6, 6.07) is 8.30. The molecule has 0 fully saturated rings. The lowest BCUT2D eigenvalue weighted by Gasteiger charge is -2.16. The molecular weight excluding hydrogens is 436 g/mol. The Hall–Kier alpha value is -2.03. The molecule has 1 unspecified atom stereocenters. The van der Waals surface area contributed by atoms with Gasteiger partial charge in [0.15, 0.2) is 6.04 Å². The van der Waals surface area contributed by atoms with Crippen LogP contribution in [0.25, 0.3) is 10.6 Å². The van der Waals surface area contributed by atoms with Crippen LogP contribution in [0.2, 0.25) is 0 Å². The van der Waals surface area contributed by atoms with Gasteiger partial charge < -0.3 is 10.1 Å². The van der Waals surface area contributed by atoms with Gasteiger partial charge in [0.25, 0.3) is 0 Å². The van der Waals surface area contributed by atoms with E-state index in [-0.39, 0.29) is 12.3 Å². The first-order chi connectivity index (χ1) is 12.6. The second-order valence-corrected chi connectivity index (χ2v) is 7.96. The SMILES string of the molecule is COC(=O)C(NC(=O)Cc1csc(-c2ccsc2)n1)c1ccc(Br)cc1. The van der Waals surface area contributed by atoms with Gasteiger partial charge in [0.1, 0.15) is 5.01 Å². The van der Waals surface area contributed by atoms with E-state index in [9.17, 15) is 9.59 Å². The van der Waals surface area contributed by atoms with Crippen LogP contribution in [0.1, 0.15) is 17.3 Å². The molecule has 2 aromatic heterocycles. The monoisotopic (exact) mass is 450 g/mol. The standard InChI is InChI=1S/C18H15BrN2O3S2/c1-24-18(23)16(11-2-4-13(19)5-3-11)21-15(22)8-14-10-26-17(20-14)12-6-7-25-9-12/h2-7,9-10,16H,8H2,1H3,(H,21,22). The van der Waals surface area contributed by atoms with Gasteiger partial charge in [0.05, 0.1) is 19.2 Å². The van der Waals surface area contributed by atoms with E-state index in [1.165, 1.54) is 18.4 Å². The zero-order valence-electron chi connectivity index (χ0n) is 13.8. The number of thiophene rings is 1. The number of thiazole rings is 1. The number of amides is 1. The Kier molecular flexibility index (Phi) is 6.18. The van der Waals surface area contributed by atoms with Gasteiger partial charge >= 0.3 is 5.97 Å². The molecular formula is C18H15BrN2O3S2. The highest BCUT2D eigenvalue weighted by Gasteiger charge is 2.24. The van der Waals surface area contributed by atoms with Crippen molar-refractivity contribution in [3.05, 3.63) is 62.2 Å². The summed E-state index contributed by atoms with van der Waals surface area (Å²) in [7, 11) is 1.30. The number of nitrogens with one attached hydrogen (secondary N) is 1. The van der Waals surface area contributed by atoms with Gasteiger partial charge in [0.2, 0.25) is 5.91 Å². The Morgan fingerprint density at radius 1 is 1.23 bits per heavy atom. The second-order valence-electron chi connectivity index (χ2n) is 5.41. The highest BCUT2D eigenvalue weighted by atomic mass is 79.9. The van der Waals surface area contributed by atoms with Crippen molar-refractivity contribution in [1.82, 2.24) is 10.3 Å². The molecule has 0 aliphatic heterocycles. The molecule has 0 saturated carbocycles. The highest BCUT2D eigenvalue weighted by molar-refractivity contribution is 9.10. The quantitative estimate of drug-likeness (QED) is 0.571. The average Bonchev–Trinajstić information content (AvgIpc) is 3.31. The fraction of sp³-hybridized carbons (Fsp3) is 0.167. The average molecular weight is 451 g/mol. The van der Waals surface area contributed by atoms with Crippen molar-refractivity contribution in [2.24, 2.45) is 0 Å². The molecule has 1 amide bonds. The Labute approximate surface area is 167 Å². The maximum absolute atomic E-state index is 12.4. The van der Waals surface area contributed by atoms with Crippen LogP contribution in [0.3, 0.4) is 0 Å². The molecule has 5 nitrogen and oxygen atoms in total. The summed E-state index contributed by atoms with van der Waals surface area (Å²) in [5.74, 6) is -0.802. The Bertz CT molecular complexity index is 892. The van der Waals surface area contributed by atoms with Gasteiger partial charge in [-0.3, -0.25) is 4.79 Å². The van der Waals surface area contributed by atoms with E-state index in [1.807, 2.05) is 34.3 Å². The van der Waals surface area contributed by atoms with Crippen molar-refractivity contribution in [2.75, 3.05) is 7.11 Å². The summed E-state index contributed by atoms with van der Waals surface area (Å²) in [5.41, 5.74) is 2.38. The number of ether oxygens (including phenoxy) is 1. The Morgan fingerprint density at radius 3 is 2.65 bits per heavy atom. The number of esters is 1. The molecule has 3 aromatic rings. The molecule has 8 heteroatoms. The first kappa shape index (κ1) is 18.8. The number of halogens is 1. The van der Waals surface area contributed by atoms with Crippen molar-refractivity contribution in [2.45, 2.75) is 12.5 Å². The molecule has 2 heterocycles. The van der Waals surface area contributed by atoms with Gasteiger partial charge in [-0.2, -0.15) is 11.3 Å². The zero-order chi connectivity index (χ0) is 18.5. The van der Waals surface area contributed by atoms with Crippen LogP contribution in [0.5, 0.6) is 0 Å². The van der Waals surface area contributed by atoms with Crippen LogP contribution in [0, 0.1) is 0 Å². The molecule has 1 N–H and O–H groups in total. The molecule has 3 rings (SSSR count). The summed E-state index contributed by atoms with van der Waals surface area (Å²) >= 11 is 6.45. The molecule has 0 spiro atoms. The molecule has 134 valence electrons. The number of nitrogens with zero attached hydrogens (tertiary/aromatic N) is 1. The van der Waals surface area contributed by atoms with E-state index in [0.29, 0.717) is 11.3 Å². The Balaban J connectivity index is 1.70. The number of hydrogen-bond donors (Lipinski definition) is 1. The topological polar surface area (TPSA) is 68.3 Å². The van der Waals surface area contributed by atoms with Crippen molar-refractivity contribution < 1.29 is 14.3 Å². The molecule has 1 atom stereocenters. The zero-order valence-corrected chi connectivity index (χ0v) is 17.0. The highest BCUT2D eigenvalue weighted by Crippen LogP contribution is 2.26. The van der Waals surface area contributed by atoms with Gasteiger partial charge in [-0.15, -0.1) is 11.3 Å². The largest absolute Gasteiger partial charge is 0.467 e. The van der Waals surface area contributed by atoms with E-state index in [4.69, 9.17) is 4.74 Å². The maximum atomic E-state index is 12.4. The maximum Gasteiger partial charge on any atom is 0.333 e. The molecule has 0 saturated heterocycles. The van der Waals surface area contributed by atoms with E-state index in [1.54, 1.807) is 23.5 Å². The number of aromatic nitrogens is 1. The van der Waals surface area contributed by atoms with Crippen molar-refractivity contribution in [3.8, 4) is 10.6 Å². The lowest BCUT2D eigenvalue weighted by Crippen LogP contribution is -2.35. The van der Waals surface area contributed by atoms with E-state index in [0.717, 1.165) is 15.0 Å². The first-order valence-corrected chi connectivity index (χ1v) is 10.3. The third kappa shape index (κ3) is 4.57. The predicted octanol–water partition coefficient (Wildman–Crippen LogP) is 4.21. The number of carbonyl (C=O) groups excluding carboxylic acids is 2. The smallest absolute Gasteiger partial charge is 0.333 e. The number of benzene rings is 1. The lowest BCUT2D eigenvalue weighted by atomic mass is 10.1. The Morgan fingerprint density at radius 2 is 2.00 bits per heavy atom. The summed E-state index contributed by atoms with van der Waals surface area (Å²) in [4.78, 5) is 29.0. The number of hydrogen-bond acceptors (Lipinski definition) is 6. The predicted molar refractivity (Wildman–Crippen MR) is 106 cm³/mol. The summed E-state index contributed by atoms with van der Waals surface area (Å²) in [5, 5.41) is 9.48. The molecule has 0 bridgehead atoms. The number of carbonyl (C=O) groups is 2. The van der Waals surface area contributed by atoms with Gasteiger partial charge in [0, 0.05) is 20.8 Å². The van der Waals surface area contributed by atoms with Crippen LogP contribution in [-0.2, 0) is 20.7 Å². The van der Waals surface area contributed by atoms with Crippen LogP contribution in [0.4, 0.5) is 0 Å². The fourth-order valence-electron chi connectivity index (χ4n) is 2.33. The van der Waals surface area contributed by atoms with E-state index in [2.05, 4.69) is 26.2 Å². The minimum Gasteiger partial charge on any atom is -0.467 e. The summed E-state index contributed by atoms with van der Waals surface area (Å²) < 4.78 is 5.71. The molecule has 26 heavy (non-hydrogen) atoms. The van der Waals surface area contributed by atoms with E-state index >= 15 is 0 Å². The van der Waals surface area contributed by atoms with Crippen LogP contribution in [0.15, 0.2) is 50.9 Å². The third-order valence-corrected chi connectivity index (χ3v) is 5.76.